The van der Waals surface area contributed by atoms with E-state index in [0.717, 1.165) is 24.2 Å². The summed E-state index contributed by atoms with van der Waals surface area (Å²) < 4.78 is 34.8. The van der Waals surface area contributed by atoms with Crippen LogP contribution in [0.4, 0.5) is 20.3 Å². The first-order chi connectivity index (χ1) is 15.7. The van der Waals surface area contributed by atoms with E-state index in [-0.39, 0.29) is 22.8 Å². The summed E-state index contributed by atoms with van der Waals surface area (Å²) in [7, 11) is 1.59. The topological polar surface area (TPSA) is 86.5 Å². The smallest absolute Gasteiger partial charge is 0.282 e. The molecule has 4 rings (SSSR count). The summed E-state index contributed by atoms with van der Waals surface area (Å²) in [5, 5.41) is 4.21. The molecule has 2 N–H and O–H groups in total. The molecule has 1 aliphatic rings. The molecule has 0 saturated carbocycles. The van der Waals surface area contributed by atoms with Gasteiger partial charge in [-0.05, 0) is 44.9 Å². The van der Waals surface area contributed by atoms with Crippen LogP contribution in [0.5, 0.6) is 5.75 Å². The number of hydrogen-bond acceptors (Lipinski definition) is 6. The molecular formula is C23H27F2N7O. The van der Waals surface area contributed by atoms with Gasteiger partial charge in [-0.25, -0.2) is 28.3 Å². The number of ether oxygens (including phenoxy) is 1. The van der Waals surface area contributed by atoms with Crippen LogP contribution in [0.15, 0.2) is 12.4 Å². The van der Waals surface area contributed by atoms with E-state index in [1.54, 1.807) is 13.2 Å². The van der Waals surface area contributed by atoms with Crippen LogP contribution in [0, 0.1) is 13.5 Å². The van der Waals surface area contributed by atoms with Crippen molar-refractivity contribution < 1.29 is 13.5 Å². The van der Waals surface area contributed by atoms with E-state index in [1.807, 2.05) is 13.8 Å². The highest BCUT2D eigenvalue weighted by atomic mass is 19.3. The van der Waals surface area contributed by atoms with Crippen LogP contribution in [0.2, 0.25) is 0 Å². The minimum atomic E-state index is -2.83. The maximum absolute atomic E-state index is 13.7. The van der Waals surface area contributed by atoms with E-state index >= 15 is 0 Å². The highest BCUT2D eigenvalue weighted by Crippen LogP contribution is 2.45. The predicted octanol–water partition coefficient (Wildman–Crippen LogP) is 4.63. The molecule has 2 aromatic heterocycles. The van der Waals surface area contributed by atoms with Crippen LogP contribution in [0.25, 0.3) is 15.9 Å². The molecule has 10 heteroatoms. The second kappa shape index (κ2) is 8.56. The number of nitrogens with zero attached hydrogens (tertiary/aromatic N) is 6. The van der Waals surface area contributed by atoms with Gasteiger partial charge in [0.2, 0.25) is 0 Å². The quantitative estimate of drug-likeness (QED) is 0.546. The van der Waals surface area contributed by atoms with Crippen molar-refractivity contribution in [3.05, 3.63) is 46.2 Å². The van der Waals surface area contributed by atoms with Gasteiger partial charge in [0.05, 0.1) is 25.1 Å². The second-order valence-electron chi connectivity index (χ2n) is 8.68. The third-order valence-electron chi connectivity index (χ3n) is 6.53. The average molecular weight is 456 g/mol. The van der Waals surface area contributed by atoms with Gasteiger partial charge in [0.25, 0.3) is 6.43 Å². The number of likely N-dealkylation sites (tertiary alicyclic amines) is 1. The molecule has 0 radical (unpaired) electrons. The number of alkyl halides is 2. The Kier molecular flexibility index (Phi) is 5.93. The van der Waals surface area contributed by atoms with Crippen molar-refractivity contribution in [2.24, 2.45) is 0 Å². The van der Waals surface area contributed by atoms with E-state index in [2.05, 4.69) is 38.7 Å². The van der Waals surface area contributed by atoms with Crippen LogP contribution in [0.3, 0.4) is 0 Å². The molecule has 3 heterocycles. The third kappa shape index (κ3) is 3.66. The molecule has 1 saturated heterocycles. The minimum Gasteiger partial charge on any atom is -0.496 e. The first-order valence-electron chi connectivity index (χ1n) is 10.8. The Morgan fingerprint density at radius 1 is 1.24 bits per heavy atom. The SMILES string of the molecule is [C-]#[N+]c1cc(C(C)n2nc(C(F)F)c3c(N)ncnc32)c(OC)c(C2CN(C(C)C)C2)c1C. The molecule has 1 fully saturated rings. The summed E-state index contributed by atoms with van der Waals surface area (Å²) in [5.41, 5.74) is 8.72. The largest absolute Gasteiger partial charge is 0.496 e. The van der Waals surface area contributed by atoms with Crippen molar-refractivity contribution >= 4 is 22.5 Å². The van der Waals surface area contributed by atoms with Gasteiger partial charge in [-0.2, -0.15) is 5.10 Å². The molecule has 1 unspecified atom stereocenters. The van der Waals surface area contributed by atoms with Crippen molar-refractivity contribution in [3.63, 3.8) is 0 Å². The Morgan fingerprint density at radius 2 is 1.94 bits per heavy atom. The molecule has 174 valence electrons. The number of fused-ring (bicyclic) bond motifs is 1. The van der Waals surface area contributed by atoms with Gasteiger partial charge in [-0.15, -0.1) is 0 Å². The zero-order valence-electron chi connectivity index (χ0n) is 19.3. The maximum Gasteiger partial charge on any atom is 0.282 e. The molecule has 33 heavy (non-hydrogen) atoms. The van der Waals surface area contributed by atoms with Gasteiger partial charge < -0.3 is 10.5 Å². The zero-order chi connectivity index (χ0) is 24.0. The number of nitrogens with two attached hydrogens (primary N) is 1. The lowest BCUT2D eigenvalue weighted by atomic mass is 9.84. The molecule has 0 bridgehead atoms. The van der Waals surface area contributed by atoms with Crippen molar-refractivity contribution in [1.29, 1.82) is 0 Å². The lowest BCUT2D eigenvalue weighted by Gasteiger charge is -2.43. The van der Waals surface area contributed by atoms with Crippen LogP contribution < -0.4 is 10.5 Å². The first-order valence-corrected chi connectivity index (χ1v) is 10.8. The molecule has 0 spiro atoms. The zero-order valence-corrected chi connectivity index (χ0v) is 19.3. The van der Waals surface area contributed by atoms with Crippen LogP contribution in [-0.4, -0.2) is 50.9 Å². The van der Waals surface area contributed by atoms with Gasteiger partial charge in [-0.3, -0.25) is 4.90 Å². The highest BCUT2D eigenvalue weighted by Gasteiger charge is 2.35. The Hall–Kier alpha value is -3.32. The number of nitrogen functional groups attached to an aromatic ring is 1. The average Bonchev–Trinajstić information content (AvgIpc) is 3.14. The number of halogens is 2. The molecule has 0 amide bonds. The number of rotatable bonds is 6. The summed E-state index contributed by atoms with van der Waals surface area (Å²) in [6, 6.07) is 1.66. The summed E-state index contributed by atoms with van der Waals surface area (Å²) in [4.78, 5) is 14.1. The molecule has 1 aromatic carbocycles. The standard InChI is InChI=1S/C23H27F2N7O/c1-11(2)31-8-14(9-31)17-12(3)16(27-5)7-15(20(17)33-6)13(4)32-23-18(19(30-32)21(24)25)22(26)28-10-29-23/h7,10-11,13-14,21H,8-9H2,1-4,6H3,(H2,26,28,29). The fourth-order valence-corrected chi connectivity index (χ4v) is 4.62. The van der Waals surface area contributed by atoms with Crippen molar-refractivity contribution in [2.75, 3.05) is 25.9 Å². The number of benzene rings is 1. The minimum absolute atomic E-state index is 0.0441. The van der Waals surface area contributed by atoms with Crippen LogP contribution in [-0.2, 0) is 0 Å². The van der Waals surface area contributed by atoms with Gasteiger partial charge in [0.1, 0.15) is 23.6 Å². The maximum atomic E-state index is 13.7. The van der Waals surface area contributed by atoms with Crippen LogP contribution in [0.1, 0.15) is 61.5 Å². The predicted molar refractivity (Wildman–Crippen MR) is 122 cm³/mol. The molecular weight excluding hydrogens is 428 g/mol. The van der Waals surface area contributed by atoms with Crippen molar-refractivity contribution in [1.82, 2.24) is 24.6 Å². The van der Waals surface area contributed by atoms with E-state index in [9.17, 15) is 8.78 Å². The Labute approximate surface area is 191 Å². The van der Waals surface area contributed by atoms with Gasteiger partial charge in [0, 0.05) is 30.6 Å². The normalized spacial score (nSPS) is 15.8. The molecule has 1 atom stereocenters. The number of methoxy groups -OCH3 is 1. The third-order valence-corrected chi connectivity index (χ3v) is 6.53. The number of anilines is 1. The van der Waals surface area contributed by atoms with Gasteiger partial charge in [-0.1, -0.05) is 0 Å². The Balaban J connectivity index is 1.89. The fraction of sp³-hybridized carbons (Fsp3) is 0.478. The van der Waals surface area contributed by atoms with E-state index in [4.69, 9.17) is 17.0 Å². The molecule has 1 aliphatic heterocycles. The van der Waals surface area contributed by atoms with E-state index < -0.39 is 18.2 Å². The lowest BCUT2D eigenvalue weighted by Crippen LogP contribution is -2.48. The fourth-order valence-electron chi connectivity index (χ4n) is 4.62. The number of hydrogen-bond donors (Lipinski definition) is 1. The summed E-state index contributed by atoms with van der Waals surface area (Å²) in [6.07, 6.45) is -1.60. The molecule has 3 aromatic rings. The van der Waals surface area contributed by atoms with E-state index in [0.29, 0.717) is 23.0 Å². The highest BCUT2D eigenvalue weighted by molar-refractivity contribution is 5.88. The second-order valence-corrected chi connectivity index (χ2v) is 8.68. The first kappa shape index (κ1) is 22.9. The van der Waals surface area contributed by atoms with Crippen molar-refractivity contribution in [2.45, 2.75) is 52.1 Å². The summed E-state index contributed by atoms with van der Waals surface area (Å²) in [5.74, 6) is 0.833. The Bertz CT molecular complexity index is 1240. The lowest BCUT2D eigenvalue weighted by molar-refractivity contribution is 0.108. The molecule has 8 nitrogen and oxygen atoms in total. The number of aromatic nitrogens is 4. The van der Waals surface area contributed by atoms with E-state index in [1.165, 1.54) is 11.0 Å². The summed E-state index contributed by atoms with van der Waals surface area (Å²) >= 11 is 0. The van der Waals surface area contributed by atoms with Gasteiger partial charge in [0.15, 0.2) is 11.3 Å². The Morgan fingerprint density at radius 3 is 2.52 bits per heavy atom. The monoisotopic (exact) mass is 455 g/mol. The van der Waals surface area contributed by atoms with Crippen LogP contribution >= 0.6 is 0 Å². The summed E-state index contributed by atoms with van der Waals surface area (Å²) in [6.45, 7) is 17.5. The molecule has 0 aliphatic carbocycles. The van der Waals surface area contributed by atoms with Gasteiger partial charge >= 0.3 is 0 Å². The van der Waals surface area contributed by atoms with Crippen molar-refractivity contribution in [3.8, 4) is 5.75 Å².